The molecule has 0 aliphatic carbocycles. The van der Waals surface area contributed by atoms with Gasteiger partial charge in [0.25, 0.3) is 5.56 Å². The molecule has 0 aliphatic rings. The zero-order chi connectivity index (χ0) is 26.1. The quantitative estimate of drug-likeness (QED) is 0.336. The Kier molecular flexibility index (Phi) is 6.52. The van der Waals surface area contributed by atoms with Crippen molar-refractivity contribution in [1.82, 2.24) is 29.9 Å². The maximum Gasteiger partial charge on any atom is 0.278 e. The Bertz CT molecular complexity index is 1650. The standard InChI is InChI=1S/C28H30N6O3/c1-5-24(27(35)29-14-13-19-16-30-23-12-11-21(37-4)15-22(19)23)34-28(36)25-18(3)33(20-9-7-6-8-10-20)32-26(25)17(2)31-34/h6-12,15-16,24,30H,5,13-14H2,1-4H3,(H,29,35)/t24-/m1/s1. The second kappa shape index (κ2) is 9.93. The number of H-pyrrole nitrogens is 1. The number of carbonyl (C=O) groups is 1. The van der Waals surface area contributed by atoms with E-state index in [1.807, 2.05) is 75.5 Å². The Balaban J connectivity index is 1.39. The van der Waals surface area contributed by atoms with Crippen molar-refractivity contribution in [3.63, 3.8) is 0 Å². The van der Waals surface area contributed by atoms with Crippen molar-refractivity contribution in [2.75, 3.05) is 13.7 Å². The summed E-state index contributed by atoms with van der Waals surface area (Å²) in [5.74, 6) is 0.548. The number of carbonyl (C=O) groups excluding carboxylic acids is 1. The van der Waals surface area contributed by atoms with E-state index in [0.717, 1.165) is 33.6 Å². The molecule has 0 unspecified atom stereocenters. The van der Waals surface area contributed by atoms with Gasteiger partial charge in [-0.3, -0.25) is 9.59 Å². The smallest absolute Gasteiger partial charge is 0.278 e. The van der Waals surface area contributed by atoms with Crippen LogP contribution in [0.1, 0.15) is 36.3 Å². The van der Waals surface area contributed by atoms with E-state index < -0.39 is 6.04 Å². The Morgan fingerprint density at radius 3 is 2.65 bits per heavy atom. The fourth-order valence-corrected chi connectivity index (χ4v) is 4.81. The van der Waals surface area contributed by atoms with Crippen LogP contribution in [0.25, 0.3) is 27.5 Å². The molecular weight excluding hydrogens is 468 g/mol. The van der Waals surface area contributed by atoms with E-state index in [2.05, 4.69) is 20.5 Å². The maximum absolute atomic E-state index is 13.6. The summed E-state index contributed by atoms with van der Waals surface area (Å²) in [6.07, 6.45) is 3.02. The average Bonchev–Trinajstić information content (AvgIpc) is 3.48. The molecular formula is C28H30N6O3. The van der Waals surface area contributed by atoms with Gasteiger partial charge < -0.3 is 15.0 Å². The SMILES string of the molecule is CC[C@H](C(=O)NCCc1c[nH]c2ccc(OC)cc12)n1nc(C)c2nn(-c3ccccc3)c(C)c2c1=O. The highest BCUT2D eigenvalue weighted by Crippen LogP contribution is 2.24. The molecule has 0 bridgehead atoms. The predicted octanol–water partition coefficient (Wildman–Crippen LogP) is 4.00. The number of hydrogen-bond acceptors (Lipinski definition) is 5. The van der Waals surface area contributed by atoms with Crippen LogP contribution in [-0.4, -0.2) is 44.1 Å². The molecule has 9 nitrogen and oxygen atoms in total. The number of nitrogens with one attached hydrogen (secondary N) is 2. The van der Waals surface area contributed by atoms with Crippen molar-refractivity contribution in [3.05, 3.63) is 82.0 Å². The molecule has 190 valence electrons. The number of aromatic nitrogens is 5. The third-order valence-corrected chi connectivity index (χ3v) is 6.79. The molecule has 37 heavy (non-hydrogen) atoms. The fourth-order valence-electron chi connectivity index (χ4n) is 4.81. The van der Waals surface area contributed by atoms with Gasteiger partial charge in [-0.05, 0) is 62.6 Å². The highest BCUT2D eigenvalue weighted by molar-refractivity contribution is 5.86. The minimum atomic E-state index is -0.724. The number of rotatable bonds is 8. The molecule has 5 aromatic rings. The summed E-state index contributed by atoms with van der Waals surface area (Å²) in [6.45, 7) is 5.99. The Morgan fingerprint density at radius 2 is 1.92 bits per heavy atom. The lowest BCUT2D eigenvalue weighted by Gasteiger charge is -2.17. The van der Waals surface area contributed by atoms with Crippen molar-refractivity contribution in [2.24, 2.45) is 0 Å². The summed E-state index contributed by atoms with van der Waals surface area (Å²) in [7, 11) is 1.64. The van der Waals surface area contributed by atoms with Crippen LogP contribution in [0, 0.1) is 13.8 Å². The molecule has 1 amide bonds. The molecule has 3 aromatic heterocycles. The van der Waals surface area contributed by atoms with Crippen molar-refractivity contribution >= 4 is 27.7 Å². The number of ether oxygens (including phenoxy) is 1. The number of aryl methyl sites for hydroxylation is 2. The molecule has 3 heterocycles. The van der Waals surface area contributed by atoms with E-state index in [0.29, 0.717) is 36.0 Å². The van der Waals surface area contributed by atoms with Gasteiger partial charge >= 0.3 is 0 Å². The number of methoxy groups -OCH3 is 1. The van der Waals surface area contributed by atoms with Crippen LogP contribution in [0.4, 0.5) is 0 Å². The average molecular weight is 499 g/mol. The van der Waals surface area contributed by atoms with E-state index in [1.54, 1.807) is 11.8 Å². The van der Waals surface area contributed by atoms with E-state index >= 15 is 0 Å². The molecule has 2 aromatic carbocycles. The zero-order valence-electron chi connectivity index (χ0n) is 21.4. The highest BCUT2D eigenvalue weighted by atomic mass is 16.5. The second-order valence-electron chi connectivity index (χ2n) is 9.08. The van der Waals surface area contributed by atoms with Crippen LogP contribution in [0.5, 0.6) is 5.75 Å². The second-order valence-corrected chi connectivity index (χ2v) is 9.08. The largest absolute Gasteiger partial charge is 0.497 e. The first-order valence-corrected chi connectivity index (χ1v) is 12.4. The third kappa shape index (κ3) is 4.37. The van der Waals surface area contributed by atoms with Gasteiger partial charge in [-0.2, -0.15) is 10.2 Å². The summed E-state index contributed by atoms with van der Waals surface area (Å²) in [5.41, 5.74) is 4.51. The van der Waals surface area contributed by atoms with Gasteiger partial charge in [0.2, 0.25) is 5.91 Å². The molecule has 2 N–H and O–H groups in total. The van der Waals surface area contributed by atoms with Crippen molar-refractivity contribution in [3.8, 4) is 11.4 Å². The van der Waals surface area contributed by atoms with Gasteiger partial charge in [0.15, 0.2) is 0 Å². The normalized spacial score (nSPS) is 12.2. The van der Waals surface area contributed by atoms with Crippen molar-refractivity contribution in [2.45, 2.75) is 39.7 Å². The van der Waals surface area contributed by atoms with E-state index in [4.69, 9.17) is 4.74 Å². The lowest BCUT2D eigenvalue weighted by molar-refractivity contribution is -0.124. The first kappa shape index (κ1) is 24.3. The van der Waals surface area contributed by atoms with Crippen LogP contribution in [0.2, 0.25) is 0 Å². The van der Waals surface area contributed by atoms with Crippen LogP contribution in [-0.2, 0) is 11.2 Å². The van der Waals surface area contributed by atoms with Crippen molar-refractivity contribution in [1.29, 1.82) is 0 Å². The Morgan fingerprint density at radius 1 is 1.14 bits per heavy atom. The number of benzene rings is 2. The number of hydrogen-bond donors (Lipinski definition) is 2. The van der Waals surface area contributed by atoms with Gasteiger partial charge in [0.1, 0.15) is 17.3 Å². The molecule has 0 saturated carbocycles. The summed E-state index contributed by atoms with van der Waals surface area (Å²) in [5, 5.41) is 13.7. The van der Waals surface area contributed by atoms with Gasteiger partial charge in [-0.25, -0.2) is 9.36 Å². The van der Waals surface area contributed by atoms with E-state index in [1.165, 1.54) is 4.68 Å². The van der Waals surface area contributed by atoms with Gasteiger partial charge in [-0.15, -0.1) is 0 Å². The van der Waals surface area contributed by atoms with Gasteiger partial charge in [-0.1, -0.05) is 25.1 Å². The monoisotopic (exact) mass is 498 g/mol. The molecule has 9 heteroatoms. The number of amides is 1. The predicted molar refractivity (Wildman–Crippen MR) is 143 cm³/mol. The lowest BCUT2D eigenvalue weighted by Crippen LogP contribution is -2.39. The highest BCUT2D eigenvalue weighted by Gasteiger charge is 2.25. The minimum Gasteiger partial charge on any atom is -0.497 e. The van der Waals surface area contributed by atoms with Gasteiger partial charge in [0.05, 0.1) is 29.6 Å². The summed E-state index contributed by atoms with van der Waals surface area (Å²) in [4.78, 5) is 30.0. The molecule has 0 radical (unpaired) electrons. The Hall–Kier alpha value is -4.40. The Labute approximate surface area is 214 Å². The number of fused-ring (bicyclic) bond motifs is 2. The summed E-state index contributed by atoms with van der Waals surface area (Å²) < 4.78 is 8.41. The summed E-state index contributed by atoms with van der Waals surface area (Å²) >= 11 is 0. The number of aromatic amines is 1. The van der Waals surface area contributed by atoms with Gasteiger partial charge in [0, 0.05) is 23.6 Å². The molecule has 0 aliphatic heterocycles. The molecule has 0 saturated heterocycles. The first-order valence-electron chi connectivity index (χ1n) is 12.4. The number of nitrogens with zero attached hydrogens (tertiary/aromatic N) is 4. The van der Waals surface area contributed by atoms with Crippen LogP contribution < -0.4 is 15.6 Å². The third-order valence-electron chi connectivity index (χ3n) is 6.79. The van der Waals surface area contributed by atoms with Crippen LogP contribution in [0.3, 0.4) is 0 Å². The summed E-state index contributed by atoms with van der Waals surface area (Å²) in [6, 6.07) is 14.8. The maximum atomic E-state index is 13.6. The lowest BCUT2D eigenvalue weighted by atomic mass is 10.1. The van der Waals surface area contributed by atoms with Crippen LogP contribution in [0.15, 0.2) is 59.5 Å². The minimum absolute atomic E-state index is 0.235. The van der Waals surface area contributed by atoms with Crippen molar-refractivity contribution < 1.29 is 9.53 Å². The fraction of sp³-hybridized carbons (Fsp3) is 0.286. The zero-order valence-corrected chi connectivity index (χ0v) is 21.4. The molecule has 1 atom stereocenters. The molecule has 5 rings (SSSR count). The topological polar surface area (TPSA) is 107 Å². The molecule has 0 spiro atoms. The van der Waals surface area contributed by atoms with E-state index in [9.17, 15) is 9.59 Å². The van der Waals surface area contributed by atoms with E-state index in [-0.39, 0.29) is 11.5 Å². The van der Waals surface area contributed by atoms with Crippen LogP contribution >= 0.6 is 0 Å². The number of para-hydroxylation sites is 1. The first-order chi connectivity index (χ1) is 17.9. The molecule has 0 fully saturated rings.